The molecular weight excluding hydrogens is 198 g/mol. The maximum absolute atomic E-state index is 4.25. The van der Waals surface area contributed by atoms with E-state index in [2.05, 4.69) is 40.7 Å². The van der Waals surface area contributed by atoms with Crippen LogP contribution in [0.15, 0.2) is 30.3 Å². The van der Waals surface area contributed by atoms with Crippen molar-refractivity contribution in [2.45, 2.75) is 27.3 Å². The highest BCUT2D eigenvalue weighted by atomic mass is 15.3. The number of aromatic nitrogens is 3. The highest BCUT2D eigenvalue weighted by Crippen LogP contribution is 2.18. The number of benzene rings is 1. The molecule has 0 atom stereocenters. The van der Waals surface area contributed by atoms with E-state index in [1.807, 2.05) is 25.1 Å². The van der Waals surface area contributed by atoms with Gasteiger partial charge in [-0.2, -0.15) is 0 Å². The Bertz CT molecular complexity index is 457. The second-order valence-electron chi connectivity index (χ2n) is 4.44. The Balaban J connectivity index is 2.42. The first-order valence-corrected chi connectivity index (χ1v) is 5.63. The molecule has 1 aromatic heterocycles. The van der Waals surface area contributed by atoms with Gasteiger partial charge in [0, 0.05) is 12.1 Å². The molecule has 0 aliphatic heterocycles. The topological polar surface area (TPSA) is 30.7 Å². The summed E-state index contributed by atoms with van der Waals surface area (Å²) in [6, 6.07) is 10.2. The molecule has 0 aliphatic rings. The second-order valence-corrected chi connectivity index (χ2v) is 4.44. The van der Waals surface area contributed by atoms with E-state index in [9.17, 15) is 0 Å². The van der Waals surface area contributed by atoms with Crippen molar-refractivity contribution in [2.24, 2.45) is 5.92 Å². The quantitative estimate of drug-likeness (QED) is 0.788. The summed E-state index contributed by atoms with van der Waals surface area (Å²) in [6.45, 7) is 7.37. The van der Waals surface area contributed by atoms with Gasteiger partial charge in [-0.05, 0) is 12.8 Å². The number of nitrogens with zero attached hydrogens (tertiary/aromatic N) is 3. The van der Waals surface area contributed by atoms with Gasteiger partial charge in [0.25, 0.3) is 0 Å². The fraction of sp³-hybridized carbons (Fsp3) is 0.385. The van der Waals surface area contributed by atoms with E-state index in [-0.39, 0.29) is 0 Å². The normalized spacial score (nSPS) is 11.0. The van der Waals surface area contributed by atoms with E-state index in [0.29, 0.717) is 5.92 Å². The van der Waals surface area contributed by atoms with Gasteiger partial charge in [-0.25, -0.2) is 0 Å². The molecule has 0 unspecified atom stereocenters. The van der Waals surface area contributed by atoms with Crippen LogP contribution in [-0.4, -0.2) is 14.8 Å². The van der Waals surface area contributed by atoms with Gasteiger partial charge in [0.2, 0.25) is 0 Å². The molecule has 1 heterocycles. The zero-order valence-electron chi connectivity index (χ0n) is 10.0. The highest BCUT2D eigenvalue weighted by Gasteiger charge is 2.11. The van der Waals surface area contributed by atoms with E-state index in [1.54, 1.807) is 0 Å². The van der Waals surface area contributed by atoms with Gasteiger partial charge in [-0.15, -0.1) is 10.2 Å². The Kier molecular flexibility index (Phi) is 3.04. The summed E-state index contributed by atoms with van der Waals surface area (Å²) >= 11 is 0. The van der Waals surface area contributed by atoms with Gasteiger partial charge in [0.15, 0.2) is 5.82 Å². The number of hydrogen-bond donors (Lipinski definition) is 0. The van der Waals surface area contributed by atoms with Crippen LogP contribution in [0.1, 0.15) is 19.7 Å². The minimum absolute atomic E-state index is 0.595. The summed E-state index contributed by atoms with van der Waals surface area (Å²) in [5.41, 5.74) is 1.13. The SMILES string of the molecule is Cc1nnc(-c2ccccc2)n1CC(C)C. The summed E-state index contributed by atoms with van der Waals surface area (Å²) in [5.74, 6) is 2.54. The minimum Gasteiger partial charge on any atom is -0.311 e. The molecule has 0 fully saturated rings. The molecule has 0 N–H and O–H groups in total. The van der Waals surface area contributed by atoms with Crippen molar-refractivity contribution in [3.63, 3.8) is 0 Å². The van der Waals surface area contributed by atoms with Gasteiger partial charge < -0.3 is 4.57 Å². The van der Waals surface area contributed by atoms with Gasteiger partial charge in [-0.1, -0.05) is 44.2 Å². The molecule has 84 valence electrons. The number of rotatable bonds is 3. The van der Waals surface area contributed by atoms with E-state index in [1.165, 1.54) is 0 Å². The van der Waals surface area contributed by atoms with Crippen LogP contribution in [-0.2, 0) is 6.54 Å². The van der Waals surface area contributed by atoms with Crippen molar-refractivity contribution in [1.29, 1.82) is 0 Å². The fourth-order valence-corrected chi connectivity index (χ4v) is 1.77. The average Bonchev–Trinajstić information content (AvgIpc) is 2.61. The molecule has 0 bridgehead atoms. The van der Waals surface area contributed by atoms with Crippen LogP contribution in [0.4, 0.5) is 0 Å². The average molecular weight is 215 g/mol. The van der Waals surface area contributed by atoms with E-state index >= 15 is 0 Å². The molecule has 3 heteroatoms. The molecule has 3 nitrogen and oxygen atoms in total. The lowest BCUT2D eigenvalue weighted by Gasteiger charge is -2.10. The third-order valence-corrected chi connectivity index (χ3v) is 2.52. The van der Waals surface area contributed by atoms with Crippen molar-refractivity contribution in [3.8, 4) is 11.4 Å². The molecular formula is C13H17N3. The first-order valence-electron chi connectivity index (χ1n) is 5.63. The van der Waals surface area contributed by atoms with Crippen molar-refractivity contribution in [1.82, 2.24) is 14.8 Å². The molecule has 16 heavy (non-hydrogen) atoms. The number of hydrogen-bond acceptors (Lipinski definition) is 2. The van der Waals surface area contributed by atoms with Crippen molar-refractivity contribution in [3.05, 3.63) is 36.2 Å². The molecule has 0 saturated heterocycles. The lowest BCUT2D eigenvalue weighted by Crippen LogP contribution is -2.08. The Morgan fingerprint density at radius 3 is 2.44 bits per heavy atom. The van der Waals surface area contributed by atoms with Crippen LogP contribution in [0, 0.1) is 12.8 Å². The summed E-state index contributed by atoms with van der Waals surface area (Å²) in [7, 11) is 0. The van der Waals surface area contributed by atoms with Crippen molar-refractivity contribution < 1.29 is 0 Å². The van der Waals surface area contributed by atoms with Crippen LogP contribution in [0.2, 0.25) is 0 Å². The molecule has 0 saturated carbocycles. The predicted octanol–water partition coefficient (Wildman–Crippen LogP) is 2.91. The van der Waals surface area contributed by atoms with E-state index in [0.717, 1.165) is 23.8 Å². The maximum Gasteiger partial charge on any atom is 0.163 e. The molecule has 0 spiro atoms. The monoisotopic (exact) mass is 215 g/mol. The zero-order valence-corrected chi connectivity index (χ0v) is 10.0. The van der Waals surface area contributed by atoms with Crippen LogP contribution >= 0.6 is 0 Å². The van der Waals surface area contributed by atoms with Crippen molar-refractivity contribution >= 4 is 0 Å². The molecule has 0 aliphatic carbocycles. The first kappa shape index (κ1) is 10.9. The molecule has 2 rings (SSSR count). The Morgan fingerprint density at radius 1 is 1.12 bits per heavy atom. The molecule has 1 aromatic carbocycles. The van der Waals surface area contributed by atoms with Crippen LogP contribution in [0.25, 0.3) is 11.4 Å². The number of aryl methyl sites for hydroxylation is 1. The van der Waals surface area contributed by atoms with Crippen LogP contribution in [0.5, 0.6) is 0 Å². The standard InChI is InChI=1S/C13H17N3/c1-10(2)9-16-11(3)14-15-13(16)12-7-5-4-6-8-12/h4-8,10H,9H2,1-3H3. The molecule has 0 amide bonds. The third-order valence-electron chi connectivity index (χ3n) is 2.52. The predicted molar refractivity (Wildman–Crippen MR) is 65.0 cm³/mol. The Hall–Kier alpha value is -1.64. The van der Waals surface area contributed by atoms with E-state index in [4.69, 9.17) is 0 Å². The summed E-state index contributed by atoms with van der Waals surface area (Å²) in [4.78, 5) is 0. The van der Waals surface area contributed by atoms with Crippen molar-refractivity contribution in [2.75, 3.05) is 0 Å². The summed E-state index contributed by atoms with van der Waals surface area (Å²) in [5, 5.41) is 8.41. The summed E-state index contributed by atoms with van der Waals surface area (Å²) < 4.78 is 2.18. The Labute approximate surface area is 96.1 Å². The smallest absolute Gasteiger partial charge is 0.163 e. The van der Waals surface area contributed by atoms with Crippen LogP contribution < -0.4 is 0 Å². The molecule has 2 aromatic rings. The largest absolute Gasteiger partial charge is 0.311 e. The minimum atomic E-state index is 0.595. The van der Waals surface area contributed by atoms with Gasteiger partial charge in [0.1, 0.15) is 5.82 Å². The van der Waals surface area contributed by atoms with Gasteiger partial charge in [0.05, 0.1) is 0 Å². The summed E-state index contributed by atoms with van der Waals surface area (Å²) in [6.07, 6.45) is 0. The molecule has 0 radical (unpaired) electrons. The lowest BCUT2D eigenvalue weighted by molar-refractivity contribution is 0.517. The third kappa shape index (κ3) is 2.13. The highest BCUT2D eigenvalue weighted by molar-refractivity contribution is 5.54. The maximum atomic E-state index is 4.25. The van der Waals surface area contributed by atoms with E-state index < -0.39 is 0 Å². The van der Waals surface area contributed by atoms with Gasteiger partial charge in [-0.3, -0.25) is 0 Å². The fourth-order valence-electron chi connectivity index (χ4n) is 1.77. The van der Waals surface area contributed by atoms with Crippen LogP contribution in [0.3, 0.4) is 0 Å². The lowest BCUT2D eigenvalue weighted by atomic mass is 10.2. The second kappa shape index (κ2) is 4.47. The van der Waals surface area contributed by atoms with Gasteiger partial charge >= 0.3 is 0 Å². The Morgan fingerprint density at radius 2 is 1.81 bits per heavy atom. The first-order chi connectivity index (χ1) is 7.68. The zero-order chi connectivity index (χ0) is 11.5.